The molecular weight excluding hydrogens is 402 g/mol. The molecule has 0 unspecified atom stereocenters. The smallest absolute Gasteiger partial charge is 0.251 e. The van der Waals surface area contributed by atoms with Crippen LogP contribution >= 0.6 is 0 Å². The second-order valence-electron chi connectivity index (χ2n) is 7.34. The topological polar surface area (TPSA) is 97.2 Å². The monoisotopic (exact) mass is 425 g/mol. The first-order valence-electron chi connectivity index (χ1n) is 9.71. The molecule has 1 N–H and O–H groups in total. The first-order valence-corrected chi connectivity index (χ1v) is 11.3. The van der Waals surface area contributed by atoms with Crippen molar-refractivity contribution in [2.24, 2.45) is 0 Å². The Morgan fingerprint density at radius 1 is 1.17 bits per heavy atom. The summed E-state index contributed by atoms with van der Waals surface area (Å²) in [5.74, 6) is 0.593. The molecule has 0 bridgehead atoms. The zero-order chi connectivity index (χ0) is 21.3. The molecule has 1 fully saturated rings. The number of pyridine rings is 1. The first kappa shape index (κ1) is 20.1. The third-order valence-corrected chi connectivity index (χ3v) is 6.85. The summed E-state index contributed by atoms with van der Waals surface area (Å²) in [6.07, 6.45) is 2.30. The van der Waals surface area contributed by atoms with Gasteiger partial charge in [0.2, 0.25) is 10.0 Å². The van der Waals surface area contributed by atoms with E-state index < -0.39 is 10.0 Å². The van der Waals surface area contributed by atoms with Crippen LogP contribution in [0.15, 0.2) is 48.7 Å². The van der Waals surface area contributed by atoms with Gasteiger partial charge in [0.05, 0.1) is 17.1 Å². The fourth-order valence-electron chi connectivity index (χ4n) is 3.52. The van der Waals surface area contributed by atoms with E-state index in [0.717, 1.165) is 22.8 Å². The molecule has 2 aromatic heterocycles. The van der Waals surface area contributed by atoms with Crippen molar-refractivity contribution >= 4 is 21.6 Å². The minimum atomic E-state index is -3.28. The summed E-state index contributed by atoms with van der Waals surface area (Å²) in [5, 5.41) is 7.27. The number of rotatable bonds is 5. The Kier molecular flexibility index (Phi) is 5.29. The lowest BCUT2D eigenvalue weighted by molar-refractivity contribution is 0.0951. The van der Waals surface area contributed by atoms with E-state index in [4.69, 9.17) is 0 Å². The van der Waals surface area contributed by atoms with Gasteiger partial charge in [-0.15, -0.1) is 0 Å². The molecule has 0 radical (unpaired) electrons. The van der Waals surface area contributed by atoms with Gasteiger partial charge in [0.25, 0.3) is 5.91 Å². The lowest BCUT2D eigenvalue weighted by Crippen LogP contribution is -2.26. The second-order valence-corrected chi connectivity index (χ2v) is 9.35. The van der Waals surface area contributed by atoms with Crippen LogP contribution in [0.2, 0.25) is 0 Å². The lowest BCUT2D eigenvalue weighted by atomic mass is 10.1. The highest BCUT2D eigenvalue weighted by atomic mass is 32.2. The predicted octanol–water partition coefficient (Wildman–Crippen LogP) is 2.35. The number of aryl methyl sites for hydroxylation is 2. The van der Waals surface area contributed by atoms with Gasteiger partial charge >= 0.3 is 0 Å². The molecular formula is C21H23N5O3S. The second kappa shape index (κ2) is 7.91. The SMILES string of the molecule is Cc1cc(C)n(-c2ccc(CNC(=O)c3cccc(N4CCCS4(=O)=O)c3)cn2)n1. The number of aromatic nitrogens is 3. The van der Waals surface area contributed by atoms with Crippen molar-refractivity contribution in [1.82, 2.24) is 20.1 Å². The van der Waals surface area contributed by atoms with Crippen LogP contribution in [0.3, 0.4) is 0 Å². The normalized spacial score (nSPS) is 15.3. The van der Waals surface area contributed by atoms with Gasteiger partial charge in [-0.3, -0.25) is 9.10 Å². The fraction of sp³-hybridized carbons (Fsp3) is 0.286. The Balaban J connectivity index is 1.43. The van der Waals surface area contributed by atoms with Crippen LogP contribution in [-0.2, 0) is 16.6 Å². The molecule has 1 aliphatic rings. The number of sulfonamides is 1. The summed E-state index contributed by atoms with van der Waals surface area (Å²) in [6.45, 7) is 4.66. The van der Waals surface area contributed by atoms with Gasteiger partial charge in [-0.1, -0.05) is 12.1 Å². The standard InChI is InChI=1S/C21H23N5O3S/c1-15-11-16(2)26(24-15)20-8-7-17(13-22-20)14-23-21(27)18-5-3-6-19(12-18)25-9-4-10-30(25,28)29/h3,5-8,11-13H,4,9-10,14H2,1-2H3,(H,23,27). The average Bonchev–Trinajstić information content (AvgIpc) is 3.26. The van der Waals surface area contributed by atoms with Gasteiger partial charge < -0.3 is 5.32 Å². The van der Waals surface area contributed by atoms with E-state index >= 15 is 0 Å². The van der Waals surface area contributed by atoms with Crippen LogP contribution < -0.4 is 9.62 Å². The van der Waals surface area contributed by atoms with E-state index in [2.05, 4.69) is 15.4 Å². The van der Waals surface area contributed by atoms with E-state index in [1.54, 1.807) is 35.1 Å². The van der Waals surface area contributed by atoms with Crippen molar-refractivity contribution in [2.45, 2.75) is 26.8 Å². The number of anilines is 1. The minimum absolute atomic E-state index is 0.143. The van der Waals surface area contributed by atoms with Gasteiger partial charge in [0.1, 0.15) is 0 Å². The summed E-state index contributed by atoms with van der Waals surface area (Å²) < 4.78 is 27.4. The van der Waals surface area contributed by atoms with E-state index in [0.29, 0.717) is 30.8 Å². The molecule has 0 atom stereocenters. The molecule has 1 saturated heterocycles. The Morgan fingerprint density at radius 2 is 2.00 bits per heavy atom. The molecule has 0 aliphatic carbocycles. The Bertz CT molecular complexity index is 1190. The fourth-order valence-corrected chi connectivity index (χ4v) is 5.08. The number of hydrogen-bond donors (Lipinski definition) is 1. The molecule has 1 aliphatic heterocycles. The number of hydrogen-bond acceptors (Lipinski definition) is 5. The summed E-state index contributed by atoms with van der Waals surface area (Å²) in [5.41, 5.74) is 3.72. The molecule has 8 nitrogen and oxygen atoms in total. The van der Waals surface area contributed by atoms with E-state index in [1.807, 2.05) is 32.0 Å². The Labute approximate surface area is 175 Å². The largest absolute Gasteiger partial charge is 0.348 e. The van der Waals surface area contributed by atoms with Crippen molar-refractivity contribution < 1.29 is 13.2 Å². The van der Waals surface area contributed by atoms with Gasteiger partial charge in [0.15, 0.2) is 5.82 Å². The number of amides is 1. The van der Waals surface area contributed by atoms with Crippen LogP contribution in [0.25, 0.3) is 5.82 Å². The maximum absolute atomic E-state index is 12.6. The summed E-state index contributed by atoms with van der Waals surface area (Å²) in [7, 11) is -3.28. The summed E-state index contributed by atoms with van der Waals surface area (Å²) in [6, 6.07) is 12.4. The van der Waals surface area contributed by atoms with E-state index in [1.165, 1.54) is 4.31 Å². The average molecular weight is 426 g/mol. The highest BCUT2D eigenvalue weighted by molar-refractivity contribution is 7.93. The molecule has 1 aromatic carbocycles. The third kappa shape index (κ3) is 4.06. The van der Waals surface area contributed by atoms with Crippen molar-refractivity contribution in [1.29, 1.82) is 0 Å². The van der Waals surface area contributed by atoms with Gasteiger partial charge in [0, 0.05) is 30.5 Å². The van der Waals surface area contributed by atoms with Gasteiger partial charge in [-0.05, 0) is 56.2 Å². The quantitative estimate of drug-likeness (QED) is 0.677. The zero-order valence-corrected chi connectivity index (χ0v) is 17.7. The Morgan fingerprint density at radius 3 is 2.63 bits per heavy atom. The Hall–Kier alpha value is -3.20. The molecule has 0 saturated carbocycles. The van der Waals surface area contributed by atoms with Gasteiger partial charge in [-0.25, -0.2) is 18.1 Å². The van der Waals surface area contributed by atoms with Crippen molar-refractivity contribution in [2.75, 3.05) is 16.6 Å². The number of nitrogens with zero attached hydrogens (tertiary/aromatic N) is 4. The number of benzene rings is 1. The van der Waals surface area contributed by atoms with Crippen molar-refractivity contribution in [3.05, 3.63) is 71.2 Å². The summed E-state index contributed by atoms with van der Waals surface area (Å²) >= 11 is 0. The molecule has 1 amide bonds. The molecule has 30 heavy (non-hydrogen) atoms. The summed E-state index contributed by atoms with van der Waals surface area (Å²) in [4.78, 5) is 17.0. The maximum Gasteiger partial charge on any atom is 0.251 e. The van der Waals surface area contributed by atoms with E-state index in [-0.39, 0.29) is 11.7 Å². The molecule has 4 rings (SSSR count). The highest BCUT2D eigenvalue weighted by Crippen LogP contribution is 2.24. The van der Waals surface area contributed by atoms with Crippen LogP contribution in [0.4, 0.5) is 5.69 Å². The third-order valence-electron chi connectivity index (χ3n) is 4.98. The molecule has 156 valence electrons. The lowest BCUT2D eigenvalue weighted by Gasteiger charge is -2.17. The number of carbonyl (C=O) groups excluding carboxylic acids is 1. The van der Waals surface area contributed by atoms with Crippen LogP contribution in [-0.4, -0.2) is 41.4 Å². The molecule has 3 aromatic rings. The van der Waals surface area contributed by atoms with Gasteiger partial charge in [-0.2, -0.15) is 5.10 Å². The predicted molar refractivity (Wildman–Crippen MR) is 114 cm³/mol. The minimum Gasteiger partial charge on any atom is -0.348 e. The first-order chi connectivity index (χ1) is 14.3. The highest BCUT2D eigenvalue weighted by Gasteiger charge is 2.28. The zero-order valence-electron chi connectivity index (χ0n) is 16.9. The van der Waals surface area contributed by atoms with Crippen LogP contribution in [0.5, 0.6) is 0 Å². The molecule has 9 heteroatoms. The maximum atomic E-state index is 12.6. The van der Waals surface area contributed by atoms with Crippen molar-refractivity contribution in [3.8, 4) is 5.82 Å². The number of nitrogens with one attached hydrogen (secondary N) is 1. The van der Waals surface area contributed by atoms with Crippen molar-refractivity contribution in [3.63, 3.8) is 0 Å². The van der Waals surface area contributed by atoms with Crippen LogP contribution in [0, 0.1) is 13.8 Å². The molecule has 3 heterocycles. The molecule has 0 spiro atoms. The van der Waals surface area contributed by atoms with E-state index in [9.17, 15) is 13.2 Å². The number of carbonyl (C=O) groups is 1. The van der Waals surface area contributed by atoms with Crippen LogP contribution in [0.1, 0.15) is 33.7 Å².